The van der Waals surface area contributed by atoms with Gasteiger partial charge in [-0.3, -0.25) is 14.8 Å². The number of nitrogens with zero attached hydrogens (tertiary/aromatic N) is 2. The predicted molar refractivity (Wildman–Crippen MR) is 109 cm³/mol. The molecule has 0 saturated heterocycles. The summed E-state index contributed by atoms with van der Waals surface area (Å²) in [5, 5.41) is 3.38. The number of carbonyl (C=O) groups excluding carboxylic acids is 1. The first-order chi connectivity index (χ1) is 14.1. The van der Waals surface area contributed by atoms with E-state index in [0.717, 1.165) is 11.1 Å². The Balaban J connectivity index is 1.41. The summed E-state index contributed by atoms with van der Waals surface area (Å²) in [5.41, 5.74) is 2.76. The first kappa shape index (κ1) is 19.1. The van der Waals surface area contributed by atoms with E-state index >= 15 is 0 Å². The summed E-state index contributed by atoms with van der Waals surface area (Å²) in [7, 11) is 0. The first-order valence-electron chi connectivity index (χ1n) is 9.06. The van der Waals surface area contributed by atoms with Gasteiger partial charge in [0.1, 0.15) is 17.7 Å². The topological polar surface area (TPSA) is 64.1 Å². The van der Waals surface area contributed by atoms with Gasteiger partial charge in [0.05, 0.1) is 18.4 Å². The van der Waals surface area contributed by atoms with Gasteiger partial charge >= 0.3 is 0 Å². The zero-order valence-corrected chi connectivity index (χ0v) is 16.1. The molecule has 0 radical (unpaired) electrons. The van der Waals surface area contributed by atoms with Crippen molar-refractivity contribution in [2.75, 3.05) is 6.54 Å². The van der Waals surface area contributed by atoms with E-state index in [1.54, 1.807) is 42.9 Å². The molecule has 4 rings (SSSR count). The largest absolute Gasteiger partial charge is 0.487 e. The highest BCUT2D eigenvalue weighted by Gasteiger charge is 2.27. The summed E-state index contributed by atoms with van der Waals surface area (Å²) >= 11 is 6.25. The molecule has 0 bridgehead atoms. The van der Waals surface area contributed by atoms with Crippen LogP contribution >= 0.6 is 11.6 Å². The highest BCUT2D eigenvalue weighted by molar-refractivity contribution is 6.31. The predicted octanol–water partition coefficient (Wildman–Crippen LogP) is 4.07. The summed E-state index contributed by atoms with van der Waals surface area (Å²) in [6, 6.07) is 9.92. The number of halogens is 2. The number of aromatic nitrogens is 2. The fraction of sp³-hybridized carbons (Fsp3) is 0.136. The molecule has 0 aliphatic carbocycles. The first-order valence-corrected chi connectivity index (χ1v) is 9.44. The number of nitrogens with one attached hydrogen (secondary N) is 1. The normalized spacial score (nSPS) is 15.2. The molecule has 0 fully saturated rings. The van der Waals surface area contributed by atoms with Crippen molar-refractivity contribution in [3.63, 3.8) is 0 Å². The smallest absolute Gasteiger partial charge is 0.244 e. The third-order valence-electron chi connectivity index (χ3n) is 4.53. The lowest BCUT2D eigenvalue weighted by Gasteiger charge is -2.12. The Hall–Kier alpha value is -3.25. The fourth-order valence-corrected chi connectivity index (χ4v) is 3.43. The molecule has 1 aliphatic heterocycles. The van der Waals surface area contributed by atoms with E-state index in [-0.39, 0.29) is 17.8 Å². The molecule has 3 aromatic rings. The third kappa shape index (κ3) is 4.43. The van der Waals surface area contributed by atoms with Gasteiger partial charge in [-0.15, -0.1) is 0 Å². The second kappa shape index (κ2) is 8.41. The van der Waals surface area contributed by atoms with Gasteiger partial charge < -0.3 is 10.1 Å². The molecular formula is C22H17ClFN3O2. The average Bonchev–Trinajstić information content (AvgIpc) is 3.14. The molecule has 2 heterocycles. The zero-order chi connectivity index (χ0) is 20.2. The number of amides is 1. The number of ether oxygens (including phenoxy) is 1. The summed E-state index contributed by atoms with van der Waals surface area (Å²) in [6.45, 7) is 0.312. The van der Waals surface area contributed by atoms with Gasteiger partial charge in [0.2, 0.25) is 5.91 Å². The lowest BCUT2D eigenvalue weighted by Crippen LogP contribution is -2.33. The lowest BCUT2D eigenvalue weighted by atomic mass is 10.0. The van der Waals surface area contributed by atoms with E-state index in [2.05, 4.69) is 15.3 Å². The molecule has 7 heteroatoms. The number of hydrogen-bond donors (Lipinski definition) is 1. The zero-order valence-electron chi connectivity index (χ0n) is 15.3. The summed E-state index contributed by atoms with van der Waals surface area (Å²) in [6.07, 6.45) is 7.99. The summed E-state index contributed by atoms with van der Waals surface area (Å²) in [4.78, 5) is 20.5. The number of hydrogen-bond acceptors (Lipinski definition) is 4. The van der Waals surface area contributed by atoms with Crippen LogP contribution in [0.15, 0.2) is 61.1 Å². The number of carbonyl (C=O) groups is 1. The molecule has 146 valence electrons. The van der Waals surface area contributed by atoms with E-state index in [1.807, 2.05) is 6.07 Å². The SMILES string of the molecule is O=C(/C=C/c1ccccc1F)NC[C@@H]1Cc2cc(Cl)cc(-c3cnccn3)c2O1. The summed E-state index contributed by atoms with van der Waals surface area (Å²) in [5.74, 6) is 0.00980. The highest BCUT2D eigenvalue weighted by atomic mass is 35.5. The van der Waals surface area contributed by atoms with Crippen LogP contribution in [0.4, 0.5) is 4.39 Å². The molecule has 5 nitrogen and oxygen atoms in total. The van der Waals surface area contributed by atoms with Gasteiger partial charge in [-0.05, 0) is 24.3 Å². The van der Waals surface area contributed by atoms with E-state index in [1.165, 1.54) is 18.2 Å². The van der Waals surface area contributed by atoms with Crippen molar-refractivity contribution < 1.29 is 13.9 Å². The third-order valence-corrected chi connectivity index (χ3v) is 4.74. The standard InChI is InChI=1S/C22H17ClFN3O2/c23-16-9-15-10-17(29-22(15)18(11-16)20-13-25-7-8-26-20)12-27-21(28)6-5-14-3-1-2-4-19(14)24/h1-9,11,13,17H,10,12H2,(H,27,28)/b6-5+/t17-/m0/s1. The van der Waals surface area contributed by atoms with Crippen LogP contribution in [0.3, 0.4) is 0 Å². The molecule has 1 N–H and O–H groups in total. The maximum Gasteiger partial charge on any atom is 0.244 e. The van der Waals surface area contributed by atoms with Crippen molar-refractivity contribution in [3.8, 4) is 17.0 Å². The van der Waals surface area contributed by atoms with Crippen LogP contribution in [0.25, 0.3) is 17.3 Å². The Morgan fingerprint density at radius 3 is 2.97 bits per heavy atom. The van der Waals surface area contributed by atoms with E-state index < -0.39 is 0 Å². The van der Waals surface area contributed by atoms with Gasteiger partial charge in [-0.2, -0.15) is 0 Å². The van der Waals surface area contributed by atoms with E-state index in [4.69, 9.17) is 16.3 Å². The van der Waals surface area contributed by atoms with Gasteiger partial charge in [0.25, 0.3) is 0 Å². The van der Waals surface area contributed by atoms with Crippen molar-refractivity contribution in [1.82, 2.24) is 15.3 Å². The average molecular weight is 410 g/mol. The van der Waals surface area contributed by atoms with Gasteiger partial charge in [-0.25, -0.2) is 4.39 Å². The maximum absolute atomic E-state index is 13.6. The van der Waals surface area contributed by atoms with Crippen LogP contribution in [-0.4, -0.2) is 28.5 Å². The second-order valence-electron chi connectivity index (χ2n) is 6.58. The Morgan fingerprint density at radius 1 is 1.31 bits per heavy atom. The minimum absolute atomic E-state index is 0.232. The van der Waals surface area contributed by atoms with Gasteiger partial charge in [0.15, 0.2) is 0 Å². The molecule has 29 heavy (non-hydrogen) atoms. The lowest BCUT2D eigenvalue weighted by molar-refractivity contribution is -0.116. The Labute approximate surface area is 172 Å². The monoisotopic (exact) mass is 409 g/mol. The van der Waals surface area contributed by atoms with Crippen molar-refractivity contribution in [3.05, 3.63) is 83.0 Å². The Bertz CT molecular complexity index is 1070. The molecule has 1 atom stereocenters. The second-order valence-corrected chi connectivity index (χ2v) is 7.01. The van der Waals surface area contributed by atoms with Gasteiger partial charge in [0, 0.05) is 46.6 Å². The quantitative estimate of drug-likeness (QED) is 0.645. The molecule has 1 aromatic heterocycles. The Morgan fingerprint density at radius 2 is 2.17 bits per heavy atom. The van der Waals surface area contributed by atoms with E-state index in [9.17, 15) is 9.18 Å². The van der Waals surface area contributed by atoms with Crippen LogP contribution in [0, 0.1) is 5.82 Å². The van der Waals surface area contributed by atoms with Crippen LogP contribution in [0.2, 0.25) is 5.02 Å². The van der Waals surface area contributed by atoms with Crippen molar-refractivity contribution in [2.24, 2.45) is 0 Å². The number of fused-ring (bicyclic) bond motifs is 1. The Kier molecular flexibility index (Phi) is 5.53. The molecule has 0 unspecified atom stereocenters. The molecule has 0 saturated carbocycles. The van der Waals surface area contributed by atoms with Crippen LogP contribution < -0.4 is 10.1 Å². The van der Waals surface area contributed by atoms with Gasteiger partial charge in [-0.1, -0.05) is 29.8 Å². The van der Waals surface area contributed by atoms with Crippen molar-refractivity contribution in [1.29, 1.82) is 0 Å². The minimum atomic E-state index is -0.375. The molecular weight excluding hydrogens is 393 g/mol. The van der Waals surface area contributed by atoms with Crippen LogP contribution in [0.1, 0.15) is 11.1 Å². The van der Waals surface area contributed by atoms with Crippen LogP contribution in [0.5, 0.6) is 5.75 Å². The fourth-order valence-electron chi connectivity index (χ4n) is 3.19. The molecule has 1 aliphatic rings. The van der Waals surface area contributed by atoms with Crippen molar-refractivity contribution >= 4 is 23.6 Å². The van der Waals surface area contributed by atoms with E-state index in [0.29, 0.717) is 35.0 Å². The number of benzene rings is 2. The molecule has 1 amide bonds. The molecule has 0 spiro atoms. The van der Waals surface area contributed by atoms with Crippen LogP contribution in [-0.2, 0) is 11.2 Å². The van der Waals surface area contributed by atoms with Crippen molar-refractivity contribution in [2.45, 2.75) is 12.5 Å². The molecule has 2 aromatic carbocycles. The highest BCUT2D eigenvalue weighted by Crippen LogP contribution is 2.40. The number of rotatable bonds is 5. The summed E-state index contributed by atoms with van der Waals surface area (Å²) < 4.78 is 19.7. The maximum atomic E-state index is 13.6. The minimum Gasteiger partial charge on any atom is -0.487 e.